The molecule has 2 amide bonds. The summed E-state index contributed by atoms with van der Waals surface area (Å²) >= 11 is 0. The molecule has 1 aliphatic rings. The number of nitrogens with two attached hydrogens (primary N) is 1. The Hall–Kier alpha value is -1.14. The van der Waals surface area contributed by atoms with Crippen LogP contribution in [0.2, 0.25) is 0 Å². The van der Waals surface area contributed by atoms with Crippen molar-refractivity contribution in [3.8, 4) is 0 Å². The zero-order chi connectivity index (χ0) is 10.6. The lowest BCUT2D eigenvalue weighted by Crippen LogP contribution is -2.40. The number of hydrogen-bond acceptors (Lipinski definition) is 4. The molecule has 80 valence electrons. The molecule has 2 atom stereocenters. The van der Waals surface area contributed by atoms with Gasteiger partial charge in [-0.1, -0.05) is 0 Å². The van der Waals surface area contributed by atoms with Gasteiger partial charge in [0.05, 0.1) is 6.10 Å². The summed E-state index contributed by atoms with van der Waals surface area (Å²) in [4.78, 5) is 21.7. The molecule has 0 unspecified atom stereocenters. The van der Waals surface area contributed by atoms with Gasteiger partial charge in [0.15, 0.2) is 0 Å². The van der Waals surface area contributed by atoms with Gasteiger partial charge in [-0.25, -0.2) is 5.84 Å². The molecule has 6 heteroatoms. The van der Waals surface area contributed by atoms with Gasteiger partial charge in [0.1, 0.15) is 6.10 Å². The number of nitrogens with one attached hydrogen (secondary N) is 2. The van der Waals surface area contributed by atoms with Crippen molar-refractivity contribution in [2.24, 2.45) is 5.84 Å². The van der Waals surface area contributed by atoms with Crippen LogP contribution in [-0.2, 0) is 14.3 Å². The minimum absolute atomic E-state index is 0.0822. The first-order valence-corrected chi connectivity index (χ1v) is 4.54. The SMILES string of the molecule is CC(=O)NC[C@H]1CC[C@@H](C(=O)NN)O1. The van der Waals surface area contributed by atoms with E-state index < -0.39 is 6.10 Å². The van der Waals surface area contributed by atoms with Crippen LogP contribution in [0.4, 0.5) is 0 Å². The van der Waals surface area contributed by atoms with Crippen molar-refractivity contribution in [3.63, 3.8) is 0 Å². The molecular weight excluding hydrogens is 186 g/mol. The average molecular weight is 201 g/mol. The molecule has 4 N–H and O–H groups in total. The standard InChI is InChI=1S/C8H15N3O3/c1-5(12)10-4-6-2-3-7(14-6)8(13)11-9/h6-7H,2-4,9H2,1H3,(H,10,12)(H,11,13)/t6-,7+/m1/s1. The monoisotopic (exact) mass is 201 g/mol. The van der Waals surface area contributed by atoms with Crippen molar-refractivity contribution in [3.05, 3.63) is 0 Å². The van der Waals surface area contributed by atoms with Crippen LogP contribution in [0.1, 0.15) is 19.8 Å². The van der Waals surface area contributed by atoms with Gasteiger partial charge in [-0.15, -0.1) is 0 Å². The molecule has 0 radical (unpaired) electrons. The van der Waals surface area contributed by atoms with Gasteiger partial charge in [-0.05, 0) is 12.8 Å². The molecule has 0 saturated carbocycles. The van der Waals surface area contributed by atoms with Gasteiger partial charge >= 0.3 is 0 Å². The van der Waals surface area contributed by atoms with Crippen LogP contribution in [0.25, 0.3) is 0 Å². The zero-order valence-corrected chi connectivity index (χ0v) is 8.08. The Morgan fingerprint density at radius 1 is 1.50 bits per heavy atom. The Balaban J connectivity index is 2.27. The Bertz CT molecular complexity index is 232. The third kappa shape index (κ3) is 2.97. The van der Waals surface area contributed by atoms with E-state index >= 15 is 0 Å². The first kappa shape index (κ1) is 10.9. The van der Waals surface area contributed by atoms with E-state index in [0.29, 0.717) is 13.0 Å². The molecule has 0 bridgehead atoms. The van der Waals surface area contributed by atoms with Gasteiger partial charge in [0, 0.05) is 13.5 Å². The molecule has 0 aliphatic carbocycles. The van der Waals surface area contributed by atoms with E-state index in [4.69, 9.17) is 10.6 Å². The van der Waals surface area contributed by atoms with E-state index in [1.807, 2.05) is 5.43 Å². The van der Waals surface area contributed by atoms with Crippen LogP contribution in [0.5, 0.6) is 0 Å². The maximum atomic E-state index is 11.0. The molecule has 0 aromatic heterocycles. The van der Waals surface area contributed by atoms with Crippen LogP contribution in [0.3, 0.4) is 0 Å². The number of hydrogen-bond donors (Lipinski definition) is 3. The molecule has 1 heterocycles. The summed E-state index contributed by atoms with van der Waals surface area (Å²) in [5, 5.41) is 2.64. The lowest BCUT2D eigenvalue weighted by Gasteiger charge is -2.12. The minimum atomic E-state index is -0.473. The minimum Gasteiger partial charge on any atom is -0.363 e. The summed E-state index contributed by atoms with van der Waals surface area (Å²) in [5.74, 6) is 4.56. The Labute approximate surface area is 82.1 Å². The number of hydrazine groups is 1. The highest BCUT2D eigenvalue weighted by molar-refractivity contribution is 5.80. The van der Waals surface area contributed by atoms with Gasteiger partial charge in [-0.3, -0.25) is 15.0 Å². The highest BCUT2D eigenvalue weighted by atomic mass is 16.5. The Morgan fingerprint density at radius 2 is 2.21 bits per heavy atom. The van der Waals surface area contributed by atoms with Crippen molar-refractivity contribution in [1.29, 1.82) is 0 Å². The lowest BCUT2D eigenvalue weighted by atomic mass is 10.2. The maximum Gasteiger partial charge on any atom is 0.263 e. The van der Waals surface area contributed by atoms with Crippen LogP contribution in [0, 0.1) is 0 Å². The van der Waals surface area contributed by atoms with Gasteiger partial charge in [-0.2, -0.15) is 0 Å². The maximum absolute atomic E-state index is 11.0. The second-order valence-electron chi connectivity index (χ2n) is 3.27. The Morgan fingerprint density at radius 3 is 2.79 bits per heavy atom. The smallest absolute Gasteiger partial charge is 0.263 e. The third-order valence-electron chi connectivity index (χ3n) is 2.12. The van der Waals surface area contributed by atoms with Crippen molar-refractivity contribution in [1.82, 2.24) is 10.7 Å². The molecule has 14 heavy (non-hydrogen) atoms. The van der Waals surface area contributed by atoms with Crippen LogP contribution >= 0.6 is 0 Å². The molecule has 1 saturated heterocycles. The second kappa shape index (κ2) is 4.92. The normalized spacial score (nSPS) is 25.9. The first-order valence-electron chi connectivity index (χ1n) is 4.54. The predicted octanol–water partition coefficient (Wildman–Crippen LogP) is -1.34. The highest BCUT2D eigenvalue weighted by Crippen LogP contribution is 2.18. The molecule has 6 nitrogen and oxygen atoms in total. The largest absolute Gasteiger partial charge is 0.363 e. The molecular formula is C8H15N3O3. The van der Waals surface area contributed by atoms with Crippen LogP contribution < -0.4 is 16.6 Å². The number of carbonyl (C=O) groups is 2. The van der Waals surface area contributed by atoms with E-state index in [2.05, 4.69) is 5.32 Å². The molecule has 0 spiro atoms. The lowest BCUT2D eigenvalue weighted by molar-refractivity contribution is -0.132. The van der Waals surface area contributed by atoms with E-state index in [9.17, 15) is 9.59 Å². The summed E-state index contributed by atoms with van der Waals surface area (Å²) in [6, 6.07) is 0. The summed E-state index contributed by atoms with van der Waals surface area (Å²) < 4.78 is 5.36. The zero-order valence-electron chi connectivity index (χ0n) is 8.08. The van der Waals surface area contributed by atoms with Gasteiger partial charge in [0.2, 0.25) is 5.91 Å². The van der Waals surface area contributed by atoms with E-state index in [-0.39, 0.29) is 17.9 Å². The molecule has 0 aromatic carbocycles. The quantitative estimate of drug-likeness (QED) is 0.299. The summed E-state index contributed by atoms with van der Waals surface area (Å²) in [5.41, 5.74) is 2.04. The fraction of sp³-hybridized carbons (Fsp3) is 0.750. The molecule has 1 fully saturated rings. The number of carbonyl (C=O) groups excluding carboxylic acids is 2. The number of ether oxygens (including phenoxy) is 1. The molecule has 0 aromatic rings. The van der Waals surface area contributed by atoms with Gasteiger partial charge in [0.25, 0.3) is 5.91 Å². The summed E-state index contributed by atoms with van der Waals surface area (Å²) in [7, 11) is 0. The van der Waals surface area contributed by atoms with E-state index in [0.717, 1.165) is 6.42 Å². The summed E-state index contributed by atoms with van der Waals surface area (Å²) in [6.45, 7) is 1.89. The summed E-state index contributed by atoms with van der Waals surface area (Å²) in [6.07, 6.45) is 0.853. The number of amides is 2. The van der Waals surface area contributed by atoms with Crippen molar-refractivity contribution < 1.29 is 14.3 Å². The van der Waals surface area contributed by atoms with Gasteiger partial charge < -0.3 is 10.1 Å². The topological polar surface area (TPSA) is 93.5 Å². The van der Waals surface area contributed by atoms with Crippen molar-refractivity contribution >= 4 is 11.8 Å². The Kier molecular flexibility index (Phi) is 3.84. The highest BCUT2D eigenvalue weighted by Gasteiger charge is 2.29. The van der Waals surface area contributed by atoms with E-state index in [1.165, 1.54) is 6.92 Å². The first-order chi connectivity index (χ1) is 6.63. The third-order valence-corrected chi connectivity index (χ3v) is 2.12. The molecule has 1 aliphatic heterocycles. The van der Waals surface area contributed by atoms with Crippen LogP contribution in [0.15, 0.2) is 0 Å². The fourth-order valence-corrected chi connectivity index (χ4v) is 1.40. The van der Waals surface area contributed by atoms with Crippen LogP contribution in [-0.4, -0.2) is 30.6 Å². The molecule has 1 rings (SSSR count). The van der Waals surface area contributed by atoms with E-state index in [1.54, 1.807) is 0 Å². The second-order valence-corrected chi connectivity index (χ2v) is 3.27. The number of rotatable bonds is 3. The predicted molar refractivity (Wildman–Crippen MR) is 48.9 cm³/mol. The van der Waals surface area contributed by atoms with Crippen molar-refractivity contribution in [2.45, 2.75) is 32.0 Å². The van der Waals surface area contributed by atoms with Crippen molar-refractivity contribution in [2.75, 3.05) is 6.54 Å². The fourth-order valence-electron chi connectivity index (χ4n) is 1.40. The average Bonchev–Trinajstić information content (AvgIpc) is 2.62.